The Kier molecular flexibility index (Phi) is 9.81. The van der Waals surface area contributed by atoms with Crippen molar-refractivity contribution in [1.82, 2.24) is 0 Å². The van der Waals surface area contributed by atoms with Crippen LogP contribution in [0.2, 0.25) is 0 Å². The van der Waals surface area contributed by atoms with E-state index in [1.165, 1.54) is 43.6 Å². The summed E-state index contributed by atoms with van der Waals surface area (Å²) in [7, 11) is 4.64. The van der Waals surface area contributed by atoms with Crippen LogP contribution in [0, 0.1) is 0 Å². The van der Waals surface area contributed by atoms with Crippen molar-refractivity contribution in [2.45, 2.75) is 25.7 Å². The first-order valence-corrected chi connectivity index (χ1v) is 6.41. The monoisotopic (exact) mass is 336 g/mol. The summed E-state index contributed by atoms with van der Waals surface area (Å²) in [6.07, 6.45) is 14.0. The van der Waals surface area contributed by atoms with E-state index in [0.29, 0.717) is 0 Å². The van der Waals surface area contributed by atoms with Crippen molar-refractivity contribution in [2.75, 3.05) is 0 Å². The Morgan fingerprint density at radius 1 is 0.900 bits per heavy atom. The Morgan fingerprint density at radius 3 is 1.70 bits per heavy atom. The molecule has 2 heteroatoms. The zero-order valence-corrected chi connectivity index (χ0v) is 9.00. The van der Waals surface area contributed by atoms with Crippen LogP contribution in [0.1, 0.15) is 25.7 Å². The fourth-order valence-electron chi connectivity index (χ4n) is 0.874. The van der Waals surface area contributed by atoms with Crippen LogP contribution in [0.25, 0.3) is 0 Å². The first kappa shape index (κ1) is 10.4. The van der Waals surface area contributed by atoms with Gasteiger partial charge < -0.3 is 0 Å². The average molecular weight is 336 g/mol. The SMILES string of the molecule is C1=CCCCCC=C1.[Cl][Ir]. The van der Waals surface area contributed by atoms with Crippen LogP contribution >= 0.6 is 9.58 Å². The van der Waals surface area contributed by atoms with Gasteiger partial charge in [0.05, 0.1) is 0 Å². The summed E-state index contributed by atoms with van der Waals surface area (Å²) in [5.74, 6) is 0. The molecule has 0 atom stereocenters. The maximum atomic E-state index is 4.64. The Labute approximate surface area is 77.5 Å². The van der Waals surface area contributed by atoms with Gasteiger partial charge in [0.15, 0.2) is 0 Å². The summed E-state index contributed by atoms with van der Waals surface area (Å²) in [5, 5.41) is 0. The van der Waals surface area contributed by atoms with Gasteiger partial charge >= 0.3 is 27.5 Å². The molecule has 0 unspecified atom stereocenters. The van der Waals surface area contributed by atoms with Gasteiger partial charge in [0.2, 0.25) is 0 Å². The molecule has 0 N–H and O–H groups in total. The van der Waals surface area contributed by atoms with E-state index in [9.17, 15) is 0 Å². The summed E-state index contributed by atoms with van der Waals surface area (Å²) in [5.41, 5.74) is 0. The van der Waals surface area contributed by atoms with Gasteiger partial charge in [-0.2, -0.15) is 0 Å². The van der Waals surface area contributed by atoms with Gasteiger partial charge in [-0.25, -0.2) is 0 Å². The zero-order chi connectivity index (χ0) is 7.66. The van der Waals surface area contributed by atoms with E-state index in [1.54, 1.807) is 0 Å². The number of allylic oxidation sites excluding steroid dienone is 4. The fourth-order valence-corrected chi connectivity index (χ4v) is 0.874. The molecule has 0 heterocycles. The van der Waals surface area contributed by atoms with Gasteiger partial charge in [0.25, 0.3) is 0 Å². The molecule has 0 aliphatic heterocycles. The van der Waals surface area contributed by atoms with Gasteiger partial charge in [-0.15, -0.1) is 0 Å². The van der Waals surface area contributed by atoms with E-state index in [1.807, 2.05) is 0 Å². The molecule has 0 fully saturated rings. The minimum atomic E-state index is 1.27. The van der Waals surface area contributed by atoms with Crippen LogP contribution in [0.3, 0.4) is 0 Å². The Balaban J connectivity index is 0.000000371. The Hall–Kier alpha value is 0.419. The summed E-state index contributed by atoms with van der Waals surface area (Å²) in [6, 6.07) is 0. The van der Waals surface area contributed by atoms with Crippen LogP contribution in [0.15, 0.2) is 24.3 Å². The number of hydrogen-bond donors (Lipinski definition) is 0. The summed E-state index contributed by atoms with van der Waals surface area (Å²) < 4.78 is 0. The second-order valence-electron chi connectivity index (χ2n) is 2.14. The molecule has 1 aliphatic rings. The summed E-state index contributed by atoms with van der Waals surface area (Å²) >= 11 is 1.47. The van der Waals surface area contributed by atoms with Crippen LogP contribution in [0.4, 0.5) is 0 Å². The molecule has 10 heavy (non-hydrogen) atoms. The molecule has 0 aromatic rings. The molecule has 0 bridgehead atoms. The molecule has 1 rings (SSSR count). The average Bonchev–Trinajstić information content (AvgIpc) is 1.90. The van der Waals surface area contributed by atoms with Crippen molar-refractivity contribution < 1.29 is 17.9 Å². The van der Waals surface area contributed by atoms with Crippen LogP contribution in [-0.4, -0.2) is 0 Å². The molecule has 0 saturated carbocycles. The number of rotatable bonds is 0. The second-order valence-corrected chi connectivity index (χ2v) is 2.14. The minimum absolute atomic E-state index is 1.27. The van der Waals surface area contributed by atoms with Gasteiger partial charge in [-0.1, -0.05) is 24.3 Å². The molecular weight excluding hydrogens is 324 g/mol. The standard InChI is InChI=1S/C8H12.ClH.Ir/c1-2-4-6-8-7-5-3-1;;/h1-4H,5-8H2;1H;/q;;+1/p-1. The van der Waals surface area contributed by atoms with Gasteiger partial charge in [0.1, 0.15) is 0 Å². The van der Waals surface area contributed by atoms with E-state index >= 15 is 0 Å². The number of hydrogen-bond acceptors (Lipinski definition) is 0. The van der Waals surface area contributed by atoms with Crippen molar-refractivity contribution in [2.24, 2.45) is 0 Å². The predicted molar refractivity (Wildman–Crippen MR) is 42.6 cm³/mol. The molecule has 0 aromatic carbocycles. The molecule has 0 nitrogen and oxygen atoms in total. The van der Waals surface area contributed by atoms with E-state index in [4.69, 9.17) is 0 Å². The quantitative estimate of drug-likeness (QED) is 0.637. The van der Waals surface area contributed by atoms with E-state index in [2.05, 4.69) is 33.9 Å². The van der Waals surface area contributed by atoms with Crippen molar-refractivity contribution in [3.63, 3.8) is 0 Å². The first-order chi connectivity index (χ1) is 5.00. The molecule has 60 valence electrons. The van der Waals surface area contributed by atoms with Crippen LogP contribution in [0.5, 0.6) is 0 Å². The van der Waals surface area contributed by atoms with E-state index in [-0.39, 0.29) is 0 Å². The van der Waals surface area contributed by atoms with Crippen molar-refractivity contribution in [3.8, 4) is 0 Å². The summed E-state index contributed by atoms with van der Waals surface area (Å²) in [4.78, 5) is 0. The molecular formula is C8H12ClIr. The maximum absolute atomic E-state index is 4.64. The van der Waals surface area contributed by atoms with E-state index < -0.39 is 0 Å². The third kappa shape index (κ3) is 6.54. The molecule has 1 aliphatic carbocycles. The zero-order valence-electron chi connectivity index (χ0n) is 5.85. The van der Waals surface area contributed by atoms with Crippen molar-refractivity contribution in [1.29, 1.82) is 0 Å². The van der Waals surface area contributed by atoms with Crippen molar-refractivity contribution >= 4 is 9.58 Å². The summed E-state index contributed by atoms with van der Waals surface area (Å²) in [6.45, 7) is 0. The second kappa shape index (κ2) is 9.42. The molecule has 0 radical (unpaired) electrons. The molecule has 0 amide bonds. The van der Waals surface area contributed by atoms with Gasteiger partial charge in [-0.05, 0) is 25.7 Å². The Bertz CT molecular complexity index is 93.8. The first-order valence-electron chi connectivity index (χ1n) is 3.44. The van der Waals surface area contributed by atoms with E-state index in [0.717, 1.165) is 0 Å². The normalized spacial score (nSPS) is 16.7. The third-order valence-electron chi connectivity index (χ3n) is 1.37. The molecule has 0 spiro atoms. The molecule has 0 saturated heterocycles. The third-order valence-corrected chi connectivity index (χ3v) is 1.37. The van der Waals surface area contributed by atoms with Gasteiger partial charge in [0, 0.05) is 0 Å². The van der Waals surface area contributed by atoms with Gasteiger partial charge in [-0.3, -0.25) is 0 Å². The fraction of sp³-hybridized carbons (Fsp3) is 0.500. The van der Waals surface area contributed by atoms with Crippen molar-refractivity contribution in [3.05, 3.63) is 24.3 Å². The topological polar surface area (TPSA) is 0 Å². The Morgan fingerprint density at radius 2 is 1.30 bits per heavy atom. The predicted octanol–water partition coefficient (Wildman–Crippen LogP) is 3.36. The van der Waals surface area contributed by atoms with Crippen LogP contribution in [-0.2, 0) is 17.9 Å². The number of halogens is 1. The van der Waals surface area contributed by atoms with Crippen LogP contribution < -0.4 is 0 Å². The molecule has 0 aromatic heterocycles.